The summed E-state index contributed by atoms with van der Waals surface area (Å²) in [4.78, 5) is 12.8. The molecule has 0 aromatic heterocycles. The molecule has 1 aliphatic heterocycles. The average molecular weight is 483 g/mol. The number of hydrogen-bond donors (Lipinski definition) is 3. The minimum Gasteiger partial charge on any atom is -0.409 e. The molecule has 1 heterocycles. The van der Waals surface area contributed by atoms with Gasteiger partial charge in [-0.25, -0.2) is 8.42 Å². The van der Waals surface area contributed by atoms with E-state index in [1.54, 1.807) is 18.2 Å². The Hall–Kier alpha value is -2.47. The molecule has 0 radical (unpaired) electrons. The molecule has 1 aliphatic rings. The van der Waals surface area contributed by atoms with E-state index in [1.165, 1.54) is 28.6 Å². The van der Waals surface area contributed by atoms with E-state index in [1.807, 2.05) is 0 Å². The molecule has 154 valence electrons. The number of carbonyl (C=O) groups excluding carboxylic acids is 1. The van der Waals surface area contributed by atoms with Gasteiger partial charge in [0.15, 0.2) is 5.84 Å². The molecule has 0 saturated carbocycles. The van der Waals surface area contributed by atoms with Gasteiger partial charge in [0.05, 0.1) is 23.8 Å². The van der Waals surface area contributed by atoms with Gasteiger partial charge in [0, 0.05) is 28.7 Å². The summed E-state index contributed by atoms with van der Waals surface area (Å²) >= 11 is 3.29. The number of sulfonamides is 1. The highest BCUT2D eigenvalue weighted by Crippen LogP contribution is 2.23. The molecule has 0 unspecified atom stereocenters. The SMILES string of the molecule is NC(=NO)c1cc(Br)ccc1NC(=O)c1cccc(S(=O)(=O)N2CCOCC2)c1. The summed E-state index contributed by atoms with van der Waals surface area (Å²) in [5.74, 6) is -0.705. The third-order valence-electron chi connectivity index (χ3n) is 4.32. The Morgan fingerprint density at radius 2 is 1.93 bits per heavy atom. The van der Waals surface area contributed by atoms with E-state index in [9.17, 15) is 13.2 Å². The predicted molar refractivity (Wildman–Crippen MR) is 111 cm³/mol. The van der Waals surface area contributed by atoms with Crippen molar-refractivity contribution in [1.29, 1.82) is 0 Å². The van der Waals surface area contributed by atoms with Gasteiger partial charge in [-0.15, -0.1) is 0 Å². The second-order valence-corrected chi connectivity index (χ2v) is 9.03. The number of carbonyl (C=O) groups is 1. The van der Waals surface area contributed by atoms with Gasteiger partial charge in [-0.05, 0) is 36.4 Å². The smallest absolute Gasteiger partial charge is 0.255 e. The summed E-state index contributed by atoms with van der Waals surface area (Å²) < 4.78 is 32.8. The lowest BCUT2D eigenvalue weighted by Gasteiger charge is -2.26. The van der Waals surface area contributed by atoms with Crippen molar-refractivity contribution in [2.24, 2.45) is 10.9 Å². The number of anilines is 1. The van der Waals surface area contributed by atoms with Gasteiger partial charge in [-0.1, -0.05) is 27.2 Å². The monoisotopic (exact) mass is 482 g/mol. The van der Waals surface area contributed by atoms with Crippen molar-refractivity contribution >= 4 is 43.4 Å². The summed E-state index contributed by atoms with van der Waals surface area (Å²) in [6, 6.07) is 10.6. The first-order valence-electron chi connectivity index (χ1n) is 8.59. The molecule has 11 heteroatoms. The maximum atomic E-state index is 12.8. The molecule has 0 spiro atoms. The van der Waals surface area contributed by atoms with Gasteiger partial charge in [-0.3, -0.25) is 4.79 Å². The molecule has 0 bridgehead atoms. The molecule has 3 rings (SSSR count). The fraction of sp³-hybridized carbons (Fsp3) is 0.222. The first kappa shape index (κ1) is 21.2. The highest BCUT2D eigenvalue weighted by molar-refractivity contribution is 9.10. The lowest BCUT2D eigenvalue weighted by atomic mass is 10.1. The molecule has 1 amide bonds. The molecule has 9 nitrogen and oxygen atoms in total. The first-order valence-corrected chi connectivity index (χ1v) is 10.8. The average Bonchev–Trinajstić information content (AvgIpc) is 2.75. The number of ether oxygens (including phenoxy) is 1. The molecular weight excluding hydrogens is 464 g/mol. The zero-order valence-electron chi connectivity index (χ0n) is 15.2. The third-order valence-corrected chi connectivity index (χ3v) is 6.71. The lowest BCUT2D eigenvalue weighted by molar-refractivity contribution is 0.0730. The summed E-state index contributed by atoms with van der Waals surface area (Å²) in [6.07, 6.45) is 0. The molecule has 4 N–H and O–H groups in total. The first-order chi connectivity index (χ1) is 13.8. The van der Waals surface area contributed by atoms with Crippen LogP contribution in [0.3, 0.4) is 0 Å². The molecule has 1 saturated heterocycles. The lowest BCUT2D eigenvalue weighted by Crippen LogP contribution is -2.40. The Bertz CT molecular complexity index is 1050. The highest BCUT2D eigenvalue weighted by Gasteiger charge is 2.27. The summed E-state index contributed by atoms with van der Waals surface area (Å²) in [6.45, 7) is 1.20. The Morgan fingerprint density at radius 1 is 1.21 bits per heavy atom. The van der Waals surface area contributed by atoms with Crippen molar-refractivity contribution in [3.63, 3.8) is 0 Å². The minimum atomic E-state index is -3.73. The van der Waals surface area contributed by atoms with Gasteiger partial charge in [0.2, 0.25) is 10.0 Å². The summed E-state index contributed by atoms with van der Waals surface area (Å²) in [7, 11) is -3.73. The van der Waals surface area contributed by atoms with Gasteiger partial charge in [-0.2, -0.15) is 4.31 Å². The van der Waals surface area contributed by atoms with Crippen LogP contribution < -0.4 is 11.1 Å². The number of nitrogens with one attached hydrogen (secondary N) is 1. The van der Waals surface area contributed by atoms with E-state index in [-0.39, 0.29) is 29.4 Å². The van der Waals surface area contributed by atoms with Crippen molar-refractivity contribution in [2.75, 3.05) is 31.6 Å². The van der Waals surface area contributed by atoms with Crippen molar-refractivity contribution in [1.82, 2.24) is 4.31 Å². The highest BCUT2D eigenvalue weighted by atomic mass is 79.9. The number of halogens is 1. The normalized spacial score (nSPS) is 15.8. The molecule has 1 fully saturated rings. The van der Waals surface area contributed by atoms with Crippen LogP contribution in [0.25, 0.3) is 0 Å². The number of oxime groups is 1. The van der Waals surface area contributed by atoms with Crippen LogP contribution in [0.2, 0.25) is 0 Å². The number of nitrogens with zero attached hydrogens (tertiary/aromatic N) is 2. The molecule has 2 aromatic rings. The van der Waals surface area contributed by atoms with E-state index < -0.39 is 15.9 Å². The Labute approximate surface area is 176 Å². The van der Waals surface area contributed by atoms with Crippen molar-refractivity contribution < 1.29 is 23.2 Å². The molecule has 0 atom stereocenters. The number of amides is 1. The number of benzene rings is 2. The van der Waals surface area contributed by atoms with E-state index in [0.717, 1.165) is 0 Å². The number of morpholine rings is 1. The second-order valence-electron chi connectivity index (χ2n) is 6.17. The predicted octanol–water partition coefficient (Wildman–Crippen LogP) is 1.82. The van der Waals surface area contributed by atoms with Crippen molar-refractivity contribution in [3.05, 3.63) is 58.1 Å². The Balaban J connectivity index is 1.87. The van der Waals surface area contributed by atoms with E-state index in [0.29, 0.717) is 28.9 Å². The Morgan fingerprint density at radius 3 is 2.62 bits per heavy atom. The second kappa shape index (κ2) is 8.91. The summed E-state index contributed by atoms with van der Waals surface area (Å²) in [5.41, 5.74) is 6.46. The maximum absolute atomic E-state index is 12.8. The Kier molecular flexibility index (Phi) is 6.52. The quantitative estimate of drug-likeness (QED) is 0.257. The van der Waals surface area contributed by atoms with Gasteiger partial charge in [0.1, 0.15) is 0 Å². The van der Waals surface area contributed by atoms with Crippen LogP contribution in [0.5, 0.6) is 0 Å². The van der Waals surface area contributed by atoms with Crippen LogP contribution in [0.4, 0.5) is 5.69 Å². The molecule has 0 aliphatic carbocycles. The van der Waals surface area contributed by atoms with Crippen molar-refractivity contribution in [2.45, 2.75) is 4.90 Å². The van der Waals surface area contributed by atoms with Crippen LogP contribution >= 0.6 is 15.9 Å². The van der Waals surface area contributed by atoms with Gasteiger partial charge in [0.25, 0.3) is 5.91 Å². The molecular formula is C18H19BrN4O5S. The number of amidine groups is 1. The topological polar surface area (TPSA) is 134 Å². The number of rotatable bonds is 5. The third kappa shape index (κ3) is 4.75. The maximum Gasteiger partial charge on any atom is 0.255 e. The van der Waals surface area contributed by atoms with Crippen LogP contribution in [-0.4, -0.2) is 56.0 Å². The minimum absolute atomic E-state index is 0.0273. The molecule has 2 aromatic carbocycles. The number of hydrogen-bond acceptors (Lipinski definition) is 6. The van der Waals surface area contributed by atoms with Gasteiger partial charge >= 0.3 is 0 Å². The number of nitrogens with two attached hydrogens (primary N) is 1. The fourth-order valence-electron chi connectivity index (χ4n) is 2.82. The zero-order chi connectivity index (χ0) is 21.0. The van der Waals surface area contributed by atoms with Gasteiger partial charge < -0.3 is 21.0 Å². The fourth-order valence-corrected chi connectivity index (χ4v) is 4.64. The summed E-state index contributed by atoms with van der Waals surface area (Å²) in [5, 5.41) is 14.6. The van der Waals surface area contributed by atoms with Crippen LogP contribution in [0.1, 0.15) is 15.9 Å². The van der Waals surface area contributed by atoms with Crippen LogP contribution in [0.15, 0.2) is 57.0 Å². The zero-order valence-corrected chi connectivity index (χ0v) is 17.6. The standard InChI is InChI=1S/C18H19BrN4O5S/c19-13-4-5-16(15(11-13)17(20)22-25)21-18(24)12-2-1-3-14(10-12)29(26,27)23-6-8-28-9-7-23/h1-5,10-11,25H,6-9H2,(H2,20,22)(H,21,24). The van der Waals surface area contributed by atoms with Crippen molar-refractivity contribution in [3.8, 4) is 0 Å². The van der Waals surface area contributed by atoms with Crippen LogP contribution in [-0.2, 0) is 14.8 Å². The molecule has 29 heavy (non-hydrogen) atoms. The van der Waals surface area contributed by atoms with E-state index in [2.05, 4.69) is 26.4 Å². The van der Waals surface area contributed by atoms with E-state index in [4.69, 9.17) is 15.7 Å². The van der Waals surface area contributed by atoms with Crippen LogP contribution in [0, 0.1) is 0 Å². The van der Waals surface area contributed by atoms with E-state index >= 15 is 0 Å². The largest absolute Gasteiger partial charge is 0.409 e.